The molecule has 2 rings (SSSR count). The number of halogens is 1. The van der Waals surface area contributed by atoms with Crippen molar-refractivity contribution in [2.24, 2.45) is 5.73 Å². The molecule has 0 aliphatic heterocycles. The number of rotatable bonds is 2. The lowest BCUT2D eigenvalue weighted by atomic mass is 9.70. The van der Waals surface area contributed by atoms with Crippen molar-refractivity contribution >= 4 is 11.6 Å². The fourth-order valence-corrected chi connectivity index (χ4v) is 2.79. The second-order valence-electron chi connectivity index (χ2n) is 4.88. The summed E-state index contributed by atoms with van der Waals surface area (Å²) in [5, 5.41) is 0.603. The van der Waals surface area contributed by atoms with Crippen LogP contribution in [0.25, 0.3) is 0 Å². The predicted molar refractivity (Wildman–Crippen MR) is 67.8 cm³/mol. The third-order valence-corrected chi connectivity index (χ3v) is 4.22. The van der Waals surface area contributed by atoms with Gasteiger partial charge in [-0.25, -0.2) is 4.98 Å². The van der Waals surface area contributed by atoms with E-state index in [0.29, 0.717) is 5.15 Å². The summed E-state index contributed by atoms with van der Waals surface area (Å²) in [7, 11) is 0. The van der Waals surface area contributed by atoms with E-state index in [4.69, 9.17) is 17.3 Å². The molecule has 0 spiro atoms. The normalized spacial score (nSPS) is 19.7. The van der Waals surface area contributed by atoms with Gasteiger partial charge in [0, 0.05) is 18.2 Å². The average Bonchev–Trinajstić information content (AvgIpc) is 2.33. The second-order valence-corrected chi connectivity index (χ2v) is 5.23. The van der Waals surface area contributed by atoms with E-state index in [1.807, 2.05) is 13.1 Å². The molecule has 16 heavy (non-hydrogen) atoms. The quantitative estimate of drug-likeness (QED) is 0.804. The fourth-order valence-electron chi connectivity index (χ4n) is 2.69. The molecule has 2 N–H and O–H groups in total. The standard InChI is InChI=1S/C13H19ClN2/c1-10-7-11(8-16-12(10)14)13(9-15)5-3-2-4-6-13/h7-8H,2-6,9,15H2,1H3. The SMILES string of the molecule is Cc1cc(C2(CN)CCCCC2)cnc1Cl. The molecule has 0 unspecified atom stereocenters. The summed E-state index contributed by atoms with van der Waals surface area (Å²) in [6.45, 7) is 2.72. The molecular formula is C13H19ClN2. The van der Waals surface area contributed by atoms with Crippen LogP contribution in [-0.2, 0) is 5.41 Å². The number of pyridine rings is 1. The molecule has 0 aromatic carbocycles. The Bertz CT molecular complexity index is 370. The second kappa shape index (κ2) is 4.72. The summed E-state index contributed by atoms with van der Waals surface area (Å²) in [4.78, 5) is 4.26. The van der Waals surface area contributed by atoms with Crippen molar-refractivity contribution in [2.75, 3.05) is 6.54 Å². The molecule has 1 fully saturated rings. The van der Waals surface area contributed by atoms with Crippen LogP contribution in [0, 0.1) is 6.92 Å². The first kappa shape index (κ1) is 11.9. The maximum absolute atomic E-state index is 6.00. The first-order valence-electron chi connectivity index (χ1n) is 6.01. The van der Waals surface area contributed by atoms with Gasteiger partial charge in [-0.3, -0.25) is 0 Å². The van der Waals surface area contributed by atoms with Gasteiger partial charge in [-0.15, -0.1) is 0 Å². The molecule has 0 bridgehead atoms. The zero-order chi connectivity index (χ0) is 11.6. The molecule has 0 amide bonds. The van der Waals surface area contributed by atoms with Gasteiger partial charge in [0.05, 0.1) is 0 Å². The highest BCUT2D eigenvalue weighted by Crippen LogP contribution is 2.38. The molecule has 0 radical (unpaired) electrons. The van der Waals surface area contributed by atoms with Crippen LogP contribution in [-0.4, -0.2) is 11.5 Å². The van der Waals surface area contributed by atoms with E-state index < -0.39 is 0 Å². The Morgan fingerprint density at radius 2 is 2.06 bits per heavy atom. The summed E-state index contributed by atoms with van der Waals surface area (Å²) >= 11 is 5.97. The smallest absolute Gasteiger partial charge is 0.131 e. The maximum Gasteiger partial charge on any atom is 0.131 e. The van der Waals surface area contributed by atoms with E-state index in [9.17, 15) is 0 Å². The zero-order valence-electron chi connectivity index (χ0n) is 9.80. The molecule has 88 valence electrons. The minimum Gasteiger partial charge on any atom is -0.330 e. The van der Waals surface area contributed by atoms with E-state index in [1.54, 1.807) is 0 Å². The van der Waals surface area contributed by atoms with E-state index >= 15 is 0 Å². The average molecular weight is 239 g/mol. The molecule has 1 aromatic rings. The Morgan fingerprint density at radius 3 is 2.62 bits per heavy atom. The molecule has 1 aromatic heterocycles. The first-order chi connectivity index (χ1) is 7.68. The van der Waals surface area contributed by atoms with Crippen LogP contribution in [0.3, 0.4) is 0 Å². The number of nitrogens with zero attached hydrogens (tertiary/aromatic N) is 1. The highest BCUT2D eigenvalue weighted by atomic mass is 35.5. The van der Waals surface area contributed by atoms with Gasteiger partial charge in [0.1, 0.15) is 5.15 Å². The van der Waals surface area contributed by atoms with Crippen molar-refractivity contribution in [1.29, 1.82) is 0 Å². The third kappa shape index (κ3) is 2.09. The lowest BCUT2D eigenvalue weighted by molar-refractivity contribution is 0.300. The van der Waals surface area contributed by atoms with Gasteiger partial charge in [-0.2, -0.15) is 0 Å². The van der Waals surface area contributed by atoms with Crippen molar-refractivity contribution in [1.82, 2.24) is 4.98 Å². The first-order valence-corrected chi connectivity index (χ1v) is 6.38. The Balaban J connectivity index is 2.35. The summed E-state index contributed by atoms with van der Waals surface area (Å²) in [5.41, 5.74) is 8.48. The Hall–Kier alpha value is -0.600. The highest BCUT2D eigenvalue weighted by Gasteiger charge is 2.32. The molecule has 1 saturated carbocycles. The molecule has 1 aliphatic rings. The van der Waals surface area contributed by atoms with E-state index in [2.05, 4.69) is 11.1 Å². The van der Waals surface area contributed by atoms with Gasteiger partial charge in [0.15, 0.2) is 0 Å². The molecule has 3 heteroatoms. The van der Waals surface area contributed by atoms with Gasteiger partial charge in [0.2, 0.25) is 0 Å². The lowest BCUT2D eigenvalue weighted by Crippen LogP contribution is -2.37. The van der Waals surface area contributed by atoms with Crippen molar-refractivity contribution in [3.05, 3.63) is 28.5 Å². The van der Waals surface area contributed by atoms with Crippen molar-refractivity contribution in [3.63, 3.8) is 0 Å². The molecule has 0 saturated heterocycles. The van der Waals surface area contributed by atoms with Crippen LogP contribution >= 0.6 is 11.6 Å². The third-order valence-electron chi connectivity index (χ3n) is 3.83. The maximum atomic E-state index is 6.00. The van der Waals surface area contributed by atoms with Crippen molar-refractivity contribution in [3.8, 4) is 0 Å². The number of hydrogen-bond acceptors (Lipinski definition) is 2. The van der Waals surface area contributed by atoms with Crippen LogP contribution in [0.5, 0.6) is 0 Å². The van der Waals surface area contributed by atoms with Gasteiger partial charge in [0.25, 0.3) is 0 Å². The number of aryl methyl sites for hydroxylation is 1. The number of nitrogens with two attached hydrogens (primary N) is 1. The Labute approximate surface area is 102 Å². The Kier molecular flexibility index (Phi) is 3.50. The molecule has 0 atom stereocenters. The van der Waals surface area contributed by atoms with Gasteiger partial charge >= 0.3 is 0 Å². The van der Waals surface area contributed by atoms with Gasteiger partial charge < -0.3 is 5.73 Å². The van der Waals surface area contributed by atoms with Crippen LogP contribution < -0.4 is 5.73 Å². The van der Waals surface area contributed by atoms with E-state index in [-0.39, 0.29) is 5.41 Å². The largest absolute Gasteiger partial charge is 0.330 e. The van der Waals surface area contributed by atoms with Crippen LogP contribution in [0.15, 0.2) is 12.3 Å². The van der Waals surface area contributed by atoms with E-state index in [0.717, 1.165) is 12.1 Å². The number of aromatic nitrogens is 1. The molecule has 2 nitrogen and oxygen atoms in total. The van der Waals surface area contributed by atoms with Gasteiger partial charge in [-0.05, 0) is 30.9 Å². The summed E-state index contributed by atoms with van der Waals surface area (Å²) in [6.07, 6.45) is 8.17. The van der Waals surface area contributed by atoms with Crippen LogP contribution in [0.2, 0.25) is 5.15 Å². The highest BCUT2D eigenvalue weighted by molar-refractivity contribution is 6.30. The van der Waals surface area contributed by atoms with Crippen molar-refractivity contribution < 1.29 is 0 Å². The monoisotopic (exact) mass is 238 g/mol. The summed E-state index contributed by atoms with van der Waals surface area (Å²) in [5.74, 6) is 0. The van der Waals surface area contributed by atoms with Gasteiger partial charge in [-0.1, -0.05) is 36.9 Å². The fraction of sp³-hybridized carbons (Fsp3) is 0.615. The minimum atomic E-state index is 0.153. The van der Waals surface area contributed by atoms with Crippen molar-refractivity contribution in [2.45, 2.75) is 44.4 Å². The Morgan fingerprint density at radius 1 is 1.38 bits per heavy atom. The molecular weight excluding hydrogens is 220 g/mol. The van der Waals surface area contributed by atoms with Crippen LogP contribution in [0.1, 0.15) is 43.2 Å². The predicted octanol–water partition coefficient (Wildman–Crippen LogP) is 3.20. The summed E-state index contributed by atoms with van der Waals surface area (Å²) in [6, 6.07) is 2.16. The lowest BCUT2D eigenvalue weighted by Gasteiger charge is -2.36. The van der Waals surface area contributed by atoms with E-state index in [1.165, 1.54) is 37.7 Å². The number of hydrogen-bond donors (Lipinski definition) is 1. The molecule has 1 aliphatic carbocycles. The zero-order valence-corrected chi connectivity index (χ0v) is 10.6. The molecule has 1 heterocycles. The summed E-state index contributed by atoms with van der Waals surface area (Å²) < 4.78 is 0. The minimum absolute atomic E-state index is 0.153. The van der Waals surface area contributed by atoms with Crippen LogP contribution in [0.4, 0.5) is 0 Å². The topological polar surface area (TPSA) is 38.9 Å².